The van der Waals surface area contributed by atoms with E-state index in [1.54, 1.807) is 7.11 Å². The minimum Gasteiger partial charge on any atom is -0.496 e. The molecule has 1 aromatic carbocycles. The topological polar surface area (TPSA) is 21.3 Å². The monoisotopic (exact) mass is 255 g/mol. The molecular formula is C11H14BrNO. The molecule has 1 heterocycles. The zero-order valence-electron chi connectivity index (χ0n) is 8.43. The van der Waals surface area contributed by atoms with Gasteiger partial charge in [-0.15, -0.1) is 0 Å². The summed E-state index contributed by atoms with van der Waals surface area (Å²) in [4.78, 5) is 0. The Kier molecular flexibility index (Phi) is 2.79. The first kappa shape index (κ1) is 9.99. The van der Waals surface area contributed by atoms with Crippen LogP contribution in [-0.2, 0) is 6.42 Å². The summed E-state index contributed by atoms with van der Waals surface area (Å²) in [6.45, 7) is 3.21. The minimum absolute atomic E-state index is 0.406. The Labute approximate surface area is 92.8 Å². The van der Waals surface area contributed by atoms with E-state index < -0.39 is 0 Å². The second-order valence-electron chi connectivity index (χ2n) is 3.57. The summed E-state index contributed by atoms with van der Waals surface area (Å²) >= 11 is 3.59. The number of rotatable bonds is 1. The molecule has 14 heavy (non-hydrogen) atoms. The molecule has 1 unspecified atom stereocenters. The van der Waals surface area contributed by atoms with Gasteiger partial charge in [-0.3, -0.25) is 0 Å². The third kappa shape index (κ3) is 1.55. The van der Waals surface area contributed by atoms with Crippen molar-refractivity contribution in [3.05, 3.63) is 27.7 Å². The van der Waals surface area contributed by atoms with Gasteiger partial charge in [0.2, 0.25) is 0 Å². The Morgan fingerprint density at radius 3 is 3.00 bits per heavy atom. The van der Waals surface area contributed by atoms with Crippen LogP contribution in [0.25, 0.3) is 0 Å². The fourth-order valence-corrected chi connectivity index (χ4v) is 2.76. The van der Waals surface area contributed by atoms with Crippen LogP contribution in [0, 0.1) is 0 Å². The van der Waals surface area contributed by atoms with Crippen molar-refractivity contribution in [3.8, 4) is 5.75 Å². The molecule has 3 heteroatoms. The highest BCUT2D eigenvalue weighted by molar-refractivity contribution is 9.10. The molecule has 2 rings (SSSR count). The summed E-state index contributed by atoms with van der Waals surface area (Å²) < 4.78 is 6.54. The third-order valence-corrected chi connectivity index (χ3v) is 3.43. The number of methoxy groups -OCH3 is 1. The van der Waals surface area contributed by atoms with E-state index in [1.807, 2.05) is 6.07 Å². The van der Waals surface area contributed by atoms with Gasteiger partial charge < -0.3 is 10.1 Å². The second kappa shape index (κ2) is 3.91. The zero-order chi connectivity index (χ0) is 10.1. The smallest absolute Gasteiger partial charge is 0.122 e. The van der Waals surface area contributed by atoms with Gasteiger partial charge in [0.1, 0.15) is 5.75 Å². The number of fused-ring (bicyclic) bond motifs is 1. The predicted molar refractivity (Wildman–Crippen MR) is 60.8 cm³/mol. The summed E-state index contributed by atoms with van der Waals surface area (Å²) in [5.41, 5.74) is 2.68. The molecule has 1 N–H and O–H groups in total. The van der Waals surface area contributed by atoms with Crippen molar-refractivity contribution in [3.63, 3.8) is 0 Å². The van der Waals surface area contributed by atoms with E-state index in [4.69, 9.17) is 4.74 Å². The van der Waals surface area contributed by atoms with Crippen molar-refractivity contribution in [1.82, 2.24) is 5.32 Å². The summed E-state index contributed by atoms with van der Waals surface area (Å²) in [5.74, 6) is 1.01. The molecule has 76 valence electrons. The van der Waals surface area contributed by atoms with Gasteiger partial charge in [0.15, 0.2) is 0 Å². The van der Waals surface area contributed by atoms with Crippen molar-refractivity contribution < 1.29 is 4.74 Å². The van der Waals surface area contributed by atoms with E-state index in [1.165, 1.54) is 15.6 Å². The van der Waals surface area contributed by atoms with Crippen LogP contribution >= 0.6 is 15.9 Å². The Balaban J connectivity index is 2.57. The van der Waals surface area contributed by atoms with E-state index in [0.29, 0.717) is 6.04 Å². The number of hydrogen-bond acceptors (Lipinski definition) is 2. The Morgan fingerprint density at radius 1 is 1.50 bits per heavy atom. The Bertz CT molecular complexity index is 351. The largest absolute Gasteiger partial charge is 0.496 e. The van der Waals surface area contributed by atoms with Gasteiger partial charge in [-0.25, -0.2) is 0 Å². The van der Waals surface area contributed by atoms with E-state index in [-0.39, 0.29) is 0 Å². The quantitative estimate of drug-likeness (QED) is 0.834. The van der Waals surface area contributed by atoms with E-state index in [0.717, 1.165) is 18.7 Å². The first-order chi connectivity index (χ1) is 6.74. The molecule has 0 amide bonds. The van der Waals surface area contributed by atoms with Gasteiger partial charge in [0.05, 0.1) is 7.11 Å². The molecule has 1 aromatic rings. The standard InChI is InChI=1S/C11H14BrNO/c1-7-11-8(5-6-13-7)10(14-2)4-3-9(11)12/h3-4,7,13H,5-6H2,1-2H3. The fourth-order valence-electron chi connectivity index (χ4n) is 2.05. The van der Waals surface area contributed by atoms with Crippen LogP contribution < -0.4 is 10.1 Å². The molecule has 0 bridgehead atoms. The molecule has 0 aliphatic carbocycles. The van der Waals surface area contributed by atoms with Gasteiger partial charge in [0.25, 0.3) is 0 Å². The van der Waals surface area contributed by atoms with Gasteiger partial charge in [-0.1, -0.05) is 15.9 Å². The number of hydrogen-bond donors (Lipinski definition) is 1. The maximum atomic E-state index is 5.37. The molecule has 1 aliphatic rings. The number of nitrogens with one attached hydrogen (secondary N) is 1. The van der Waals surface area contributed by atoms with Crippen molar-refractivity contribution in [2.75, 3.05) is 13.7 Å². The number of ether oxygens (including phenoxy) is 1. The van der Waals surface area contributed by atoms with Crippen LogP contribution in [0.2, 0.25) is 0 Å². The molecule has 0 fully saturated rings. The number of benzene rings is 1. The van der Waals surface area contributed by atoms with Gasteiger partial charge >= 0.3 is 0 Å². The predicted octanol–water partition coefficient (Wildman–Crippen LogP) is 2.66. The van der Waals surface area contributed by atoms with Crippen LogP contribution in [0.1, 0.15) is 24.1 Å². The van der Waals surface area contributed by atoms with Crippen molar-refractivity contribution in [1.29, 1.82) is 0 Å². The second-order valence-corrected chi connectivity index (χ2v) is 4.42. The normalized spacial score (nSPS) is 20.4. The lowest BCUT2D eigenvalue weighted by molar-refractivity contribution is 0.402. The van der Waals surface area contributed by atoms with E-state index >= 15 is 0 Å². The van der Waals surface area contributed by atoms with E-state index in [9.17, 15) is 0 Å². The average Bonchev–Trinajstić information content (AvgIpc) is 2.18. The summed E-state index contributed by atoms with van der Waals surface area (Å²) in [7, 11) is 1.73. The molecule has 0 radical (unpaired) electrons. The molecule has 1 aliphatic heterocycles. The highest BCUT2D eigenvalue weighted by Crippen LogP contribution is 2.35. The van der Waals surface area contributed by atoms with Gasteiger partial charge in [-0.2, -0.15) is 0 Å². The fraction of sp³-hybridized carbons (Fsp3) is 0.455. The molecule has 0 saturated carbocycles. The lowest BCUT2D eigenvalue weighted by Gasteiger charge is -2.26. The zero-order valence-corrected chi connectivity index (χ0v) is 10.0. The first-order valence-electron chi connectivity index (χ1n) is 4.82. The average molecular weight is 256 g/mol. The molecular weight excluding hydrogens is 242 g/mol. The number of halogens is 1. The third-order valence-electron chi connectivity index (χ3n) is 2.74. The van der Waals surface area contributed by atoms with Crippen LogP contribution in [0.15, 0.2) is 16.6 Å². The van der Waals surface area contributed by atoms with E-state index in [2.05, 4.69) is 34.2 Å². The van der Waals surface area contributed by atoms with Crippen LogP contribution in [-0.4, -0.2) is 13.7 Å². The Hall–Kier alpha value is -0.540. The van der Waals surface area contributed by atoms with Crippen LogP contribution in [0.3, 0.4) is 0 Å². The SMILES string of the molecule is COc1ccc(Br)c2c1CCNC2C. The highest BCUT2D eigenvalue weighted by atomic mass is 79.9. The maximum Gasteiger partial charge on any atom is 0.122 e. The first-order valence-corrected chi connectivity index (χ1v) is 5.62. The molecule has 0 saturated heterocycles. The van der Waals surface area contributed by atoms with Crippen LogP contribution in [0.5, 0.6) is 5.75 Å². The Morgan fingerprint density at radius 2 is 2.29 bits per heavy atom. The maximum absolute atomic E-state index is 5.37. The summed E-state index contributed by atoms with van der Waals surface area (Å²) in [6.07, 6.45) is 1.04. The lowest BCUT2D eigenvalue weighted by Crippen LogP contribution is -2.28. The summed E-state index contributed by atoms with van der Waals surface area (Å²) in [5, 5.41) is 3.44. The highest BCUT2D eigenvalue weighted by Gasteiger charge is 2.21. The van der Waals surface area contributed by atoms with Crippen molar-refractivity contribution in [2.45, 2.75) is 19.4 Å². The minimum atomic E-state index is 0.406. The van der Waals surface area contributed by atoms with Crippen LogP contribution in [0.4, 0.5) is 0 Å². The molecule has 0 aromatic heterocycles. The molecule has 0 spiro atoms. The van der Waals surface area contributed by atoms with Gasteiger partial charge in [-0.05, 0) is 37.6 Å². The van der Waals surface area contributed by atoms with Gasteiger partial charge in [0, 0.05) is 16.1 Å². The summed E-state index contributed by atoms with van der Waals surface area (Å²) in [6, 6.07) is 4.49. The van der Waals surface area contributed by atoms with Crippen molar-refractivity contribution in [2.24, 2.45) is 0 Å². The van der Waals surface area contributed by atoms with Crippen molar-refractivity contribution >= 4 is 15.9 Å². The lowest BCUT2D eigenvalue weighted by atomic mass is 9.94. The molecule has 1 atom stereocenters. The molecule has 2 nitrogen and oxygen atoms in total.